The summed E-state index contributed by atoms with van der Waals surface area (Å²) in [4.78, 5) is 24.5. The maximum Gasteiger partial charge on any atom is 0.305 e. The summed E-state index contributed by atoms with van der Waals surface area (Å²) in [6.07, 6.45) is 67.4. The molecule has 390 valence electrons. The van der Waals surface area contributed by atoms with Crippen molar-refractivity contribution in [3.63, 3.8) is 0 Å². The van der Waals surface area contributed by atoms with Gasteiger partial charge in [-0.25, -0.2) is 0 Å². The van der Waals surface area contributed by atoms with Gasteiger partial charge in [0, 0.05) is 12.8 Å². The lowest BCUT2D eigenvalue weighted by Gasteiger charge is -2.22. The van der Waals surface area contributed by atoms with E-state index in [-0.39, 0.29) is 18.5 Å². The van der Waals surface area contributed by atoms with E-state index in [2.05, 4.69) is 43.5 Å². The SMILES string of the molecule is CCCCCCCCCCCCCCCCCCCCCC(O)C(CO)NC(=O)CCCCCCCCC/C=C\C/C=C\CCCCCOC(=O)CCCCCCCCCCCCCCC. The summed E-state index contributed by atoms with van der Waals surface area (Å²) in [5.74, 6) is -0.0620. The zero-order valence-electron chi connectivity index (χ0n) is 44.4. The third-order valence-electron chi connectivity index (χ3n) is 13.8. The second-order valence-corrected chi connectivity index (χ2v) is 20.3. The van der Waals surface area contributed by atoms with Crippen LogP contribution in [0.5, 0.6) is 0 Å². The molecule has 6 nitrogen and oxygen atoms in total. The number of esters is 1. The van der Waals surface area contributed by atoms with Crippen LogP contribution in [-0.4, -0.2) is 47.4 Å². The molecule has 3 N–H and O–H groups in total. The minimum absolute atomic E-state index is 0.0135. The van der Waals surface area contributed by atoms with Crippen molar-refractivity contribution in [3.05, 3.63) is 24.3 Å². The number of aliphatic hydroxyl groups is 2. The molecule has 2 unspecified atom stereocenters. The lowest BCUT2D eigenvalue weighted by molar-refractivity contribution is -0.143. The molecule has 66 heavy (non-hydrogen) atoms. The zero-order chi connectivity index (χ0) is 47.9. The minimum atomic E-state index is -0.675. The predicted octanol–water partition coefficient (Wildman–Crippen LogP) is 18.2. The van der Waals surface area contributed by atoms with Crippen LogP contribution in [0.3, 0.4) is 0 Å². The summed E-state index contributed by atoms with van der Waals surface area (Å²) < 4.78 is 5.45. The van der Waals surface area contributed by atoms with Crippen molar-refractivity contribution in [2.24, 2.45) is 0 Å². The fourth-order valence-electron chi connectivity index (χ4n) is 9.20. The molecule has 0 aromatic rings. The first-order valence-electron chi connectivity index (χ1n) is 29.6. The van der Waals surface area contributed by atoms with E-state index in [1.807, 2.05) is 0 Å². The van der Waals surface area contributed by atoms with E-state index in [4.69, 9.17) is 4.74 Å². The Morgan fingerprint density at radius 1 is 0.424 bits per heavy atom. The van der Waals surface area contributed by atoms with Crippen LogP contribution >= 0.6 is 0 Å². The normalized spacial score (nSPS) is 12.7. The highest BCUT2D eigenvalue weighted by Gasteiger charge is 2.20. The summed E-state index contributed by atoms with van der Waals surface area (Å²) in [6.45, 7) is 4.93. The van der Waals surface area contributed by atoms with Gasteiger partial charge >= 0.3 is 5.97 Å². The summed E-state index contributed by atoms with van der Waals surface area (Å²) in [5, 5.41) is 23.3. The number of carbonyl (C=O) groups excluding carboxylic acids is 2. The number of ether oxygens (including phenoxy) is 1. The fraction of sp³-hybridized carbons (Fsp3) is 0.900. The molecule has 0 rings (SSSR count). The van der Waals surface area contributed by atoms with Gasteiger partial charge in [-0.15, -0.1) is 0 Å². The van der Waals surface area contributed by atoms with Crippen LogP contribution in [0, 0.1) is 0 Å². The average Bonchev–Trinajstić information content (AvgIpc) is 3.32. The second kappa shape index (κ2) is 55.9. The van der Waals surface area contributed by atoms with Crippen molar-refractivity contribution >= 4 is 11.9 Å². The molecule has 0 bridgehead atoms. The topological polar surface area (TPSA) is 95.9 Å². The lowest BCUT2D eigenvalue weighted by atomic mass is 10.0. The van der Waals surface area contributed by atoms with Gasteiger partial charge in [0.25, 0.3) is 0 Å². The summed E-state index contributed by atoms with van der Waals surface area (Å²) in [6, 6.07) is -0.554. The van der Waals surface area contributed by atoms with Crippen LogP contribution in [0.1, 0.15) is 322 Å². The molecule has 0 aromatic carbocycles. The van der Waals surface area contributed by atoms with E-state index in [0.717, 1.165) is 83.5 Å². The van der Waals surface area contributed by atoms with Gasteiger partial charge in [0.15, 0.2) is 0 Å². The Morgan fingerprint density at radius 3 is 1.15 bits per heavy atom. The smallest absolute Gasteiger partial charge is 0.305 e. The molecule has 0 fully saturated rings. The van der Waals surface area contributed by atoms with E-state index < -0.39 is 12.1 Å². The zero-order valence-corrected chi connectivity index (χ0v) is 44.4. The van der Waals surface area contributed by atoms with Crippen molar-refractivity contribution in [3.8, 4) is 0 Å². The van der Waals surface area contributed by atoms with Gasteiger partial charge in [-0.3, -0.25) is 9.59 Å². The molecule has 0 aliphatic heterocycles. The Hall–Kier alpha value is -1.66. The third-order valence-corrected chi connectivity index (χ3v) is 13.8. The molecular formula is C60H115NO5. The Morgan fingerprint density at radius 2 is 0.758 bits per heavy atom. The van der Waals surface area contributed by atoms with Gasteiger partial charge in [0.2, 0.25) is 5.91 Å². The number of aliphatic hydroxyl groups excluding tert-OH is 2. The van der Waals surface area contributed by atoms with Crippen LogP contribution in [0.4, 0.5) is 0 Å². The Balaban J connectivity index is 3.49. The Labute approximate surface area is 411 Å². The summed E-state index contributed by atoms with van der Waals surface area (Å²) >= 11 is 0. The number of amides is 1. The minimum Gasteiger partial charge on any atom is -0.466 e. The molecule has 0 aliphatic rings. The van der Waals surface area contributed by atoms with Gasteiger partial charge in [-0.1, -0.05) is 269 Å². The van der Waals surface area contributed by atoms with E-state index >= 15 is 0 Å². The number of hydrogen-bond donors (Lipinski definition) is 3. The van der Waals surface area contributed by atoms with Crippen molar-refractivity contribution in [1.29, 1.82) is 0 Å². The lowest BCUT2D eigenvalue weighted by Crippen LogP contribution is -2.45. The summed E-state index contributed by atoms with van der Waals surface area (Å²) in [5.41, 5.74) is 0. The first-order chi connectivity index (χ1) is 32.5. The molecule has 6 heteroatoms. The fourth-order valence-corrected chi connectivity index (χ4v) is 9.20. The highest BCUT2D eigenvalue weighted by Crippen LogP contribution is 2.17. The van der Waals surface area contributed by atoms with Crippen LogP contribution in [-0.2, 0) is 14.3 Å². The molecule has 0 radical (unpaired) electrons. The number of rotatable bonds is 55. The van der Waals surface area contributed by atoms with Crippen molar-refractivity contribution in [1.82, 2.24) is 5.32 Å². The first kappa shape index (κ1) is 64.3. The van der Waals surface area contributed by atoms with Crippen molar-refractivity contribution in [2.45, 2.75) is 334 Å². The predicted molar refractivity (Wildman–Crippen MR) is 287 cm³/mol. The first-order valence-corrected chi connectivity index (χ1v) is 29.6. The largest absolute Gasteiger partial charge is 0.466 e. The van der Waals surface area contributed by atoms with Crippen molar-refractivity contribution < 1.29 is 24.5 Å². The van der Waals surface area contributed by atoms with Gasteiger partial charge in [-0.05, 0) is 64.2 Å². The van der Waals surface area contributed by atoms with Gasteiger partial charge in [0.05, 0.1) is 25.4 Å². The van der Waals surface area contributed by atoms with Crippen LogP contribution in [0.2, 0.25) is 0 Å². The molecule has 0 saturated carbocycles. The van der Waals surface area contributed by atoms with Crippen LogP contribution in [0.15, 0.2) is 24.3 Å². The molecule has 0 heterocycles. The monoisotopic (exact) mass is 930 g/mol. The van der Waals surface area contributed by atoms with Gasteiger partial charge in [-0.2, -0.15) is 0 Å². The molecule has 0 saturated heterocycles. The van der Waals surface area contributed by atoms with Gasteiger partial charge < -0.3 is 20.3 Å². The van der Waals surface area contributed by atoms with E-state index in [1.165, 1.54) is 205 Å². The van der Waals surface area contributed by atoms with Crippen molar-refractivity contribution in [2.75, 3.05) is 13.2 Å². The maximum atomic E-state index is 12.5. The third kappa shape index (κ3) is 51.7. The molecule has 2 atom stereocenters. The van der Waals surface area contributed by atoms with E-state index in [9.17, 15) is 19.8 Å². The van der Waals surface area contributed by atoms with Crippen LogP contribution in [0.25, 0.3) is 0 Å². The van der Waals surface area contributed by atoms with E-state index in [0.29, 0.717) is 25.9 Å². The molecule has 0 spiro atoms. The number of carbonyl (C=O) groups is 2. The van der Waals surface area contributed by atoms with Crippen LogP contribution < -0.4 is 5.32 Å². The summed E-state index contributed by atoms with van der Waals surface area (Å²) in [7, 11) is 0. The molecule has 0 aliphatic carbocycles. The average molecular weight is 931 g/mol. The second-order valence-electron chi connectivity index (χ2n) is 20.3. The standard InChI is InChI=1S/C60H115NO5/c1-3-5-7-9-11-13-15-17-18-19-20-22-25-29-32-36-40-44-48-52-58(63)57(56-62)61-59(64)53-49-45-41-37-33-30-26-23-21-24-27-31-35-39-43-47-51-55-66-60(65)54-50-46-42-38-34-28-16-14-12-10-8-6-4-2/h21,24,31,35,57-58,62-63H,3-20,22-23,25-30,32-34,36-56H2,1-2H3,(H,61,64)/b24-21-,35-31-. The Kier molecular flexibility index (Phi) is 54.5. The molecule has 1 amide bonds. The van der Waals surface area contributed by atoms with E-state index in [1.54, 1.807) is 0 Å². The highest BCUT2D eigenvalue weighted by atomic mass is 16.5. The molecule has 0 aromatic heterocycles. The van der Waals surface area contributed by atoms with Gasteiger partial charge in [0.1, 0.15) is 0 Å². The molecular weight excluding hydrogens is 815 g/mol. The quantitative estimate of drug-likeness (QED) is 0.0321. The number of unbranched alkanes of at least 4 members (excludes halogenated alkanes) is 40. The number of nitrogens with one attached hydrogen (secondary N) is 1. The number of allylic oxidation sites excluding steroid dienone is 4. The highest BCUT2D eigenvalue weighted by molar-refractivity contribution is 5.76. The maximum absolute atomic E-state index is 12.5. The number of hydrogen-bond acceptors (Lipinski definition) is 5. The Bertz CT molecular complexity index is 1030.